The van der Waals surface area contributed by atoms with Gasteiger partial charge in [0.15, 0.2) is 0 Å². The maximum Gasteiger partial charge on any atom is 0.144 e. The minimum absolute atomic E-state index is 0.280. The predicted octanol–water partition coefficient (Wildman–Crippen LogP) is 3.12. The molecule has 1 aliphatic carbocycles. The molecule has 0 unspecified atom stereocenters. The monoisotopic (exact) mass is 245 g/mol. The van der Waals surface area contributed by atoms with Crippen molar-refractivity contribution in [3.63, 3.8) is 0 Å². The van der Waals surface area contributed by atoms with Crippen LogP contribution in [0.3, 0.4) is 0 Å². The molecule has 3 N–H and O–H groups in total. The smallest absolute Gasteiger partial charge is 0.144 e. The van der Waals surface area contributed by atoms with E-state index in [2.05, 4.69) is 16.9 Å². The van der Waals surface area contributed by atoms with Crippen molar-refractivity contribution in [3.05, 3.63) is 53.5 Å². The lowest BCUT2D eigenvalue weighted by atomic mass is 9.91. The molecule has 96 valence electrons. The van der Waals surface area contributed by atoms with Crippen LogP contribution in [0, 0.1) is 0 Å². The molecule has 0 saturated heterocycles. The van der Waals surface area contributed by atoms with Crippen LogP contribution in [0.2, 0.25) is 0 Å². The number of aryl methyl sites for hydroxylation is 1. The number of anilines is 1. The van der Waals surface area contributed by atoms with E-state index < -0.39 is 0 Å². The third-order valence-electron chi connectivity index (χ3n) is 3.13. The first-order chi connectivity index (χ1) is 8.77. The molecule has 0 radical (unpaired) electrons. The van der Waals surface area contributed by atoms with Gasteiger partial charge in [0.25, 0.3) is 0 Å². The second-order valence-corrected chi connectivity index (χ2v) is 4.49. The Kier molecular flexibility index (Phi) is 4.29. The highest BCUT2D eigenvalue weighted by molar-refractivity contribution is 5.51. The molecule has 0 atom stereocenters. The van der Waals surface area contributed by atoms with E-state index >= 15 is 0 Å². The number of nitrogen functional groups attached to an aromatic ring is 1. The van der Waals surface area contributed by atoms with E-state index in [1.165, 1.54) is 36.8 Å². The highest BCUT2D eigenvalue weighted by atomic mass is 16.5. The lowest BCUT2D eigenvalue weighted by Crippen LogP contribution is -2.05. The number of hydrogen-bond acceptors (Lipinski definition) is 3. The number of benzene rings is 1. The van der Waals surface area contributed by atoms with Crippen molar-refractivity contribution in [3.8, 4) is 0 Å². The maximum absolute atomic E-state index is 8.59. The number of nitrogens with two attached hydrogens (primary N) is 1. The second-order valence-electron chi connectivity index (χ2n) is 4.49. The Balaban J connectivity index is 0.000000149. The van der Waals surface area contributed by atoms with Gasteiger partial charge >= 0.3 is 0 Å². The molecular formula is C15H19NO2. The first-order valence-electron chi connectivity index (χ1n) is 6.30. The lowest BCUT2D eigenvalue weighted by Gasteiger charge is -2.16. The zero-order valence-electron chi connectivity index (χ0n) is 10.4. The molecule has 1 aliphatic heterocycles. The number of fused-ring (bicyclic) bond motifs is 1. The summed E-state index contributed by atoms with van der Waals surface area (Å²) in [5, 5.41) is 8.59. The summed E-state index contributed by atoms with van der Waals surface area (Å²) in [5.74, 6) is 0.280. The molecular weight excluding hydrogens is 226 g/mol. The Bertz CT molecular complexity index is 464. The predicted molar refractivity (Wildman–Crippen MR) is 73.3 cm³/mol. The van der Waals surface area contributed by atoms with Gasteiger partial charge < -0.3 is 15.6 Å². The van der Waals surface area contributed by atoms with Crippen LogP contribution in [0.25, 0.3) is 0 Å². The largest absolute Gasteiger partial charge is 0.509 e. The van der Waals surface area contributed by atoms with Crippen LogP contribution in [-0.4, -0.2) is 11.7 Å². The van der Waals surface area contributed by atoms with Crippen molar-refractivity contribution in [1.82, 2.24) is 0 Å². The molecule has 3 rings (SSSR count). The van der Waals surface area contributed by atoms with Crippen molar-refractivity contribution in [1.29, 1.82) is 0 Å². The third-order valence-corrected chi connectivity index (χ3v) is 3.13. The number of rotatable bonds is 0. The minimum atomic E-state index is 0.280. The van der Waals surface area contributed by atoms with Gasteiger partial charge in [0, 0.05) is 5.69 Å². The van der Waals surface area contributed by atoms with Gasteiger partial charge in [0.05, 0.1) is 6.26 Å². The number of aliphatic hydroxyl groups excluding tert-OH is 1. The first-order valence-corrected chi connectivity index (χ1v) is 6.30. The summed E-state index contributed by atoms with van der Waals surface area (Å²) in [6.45, 7) is 0.316. The van der Waals surface area contributed by atoms with Crippen LogP contribution in [-0.2, 0) is 17.6 Å². The summed E-state index contributed by atoms with van der Waals surface area (Å²) in [4.78, 5) is 0. The van der Waals surface area contributed by atoms with Crippen molar-refractivity contribution < 1.29 is 9.84 Å². The van der Waals surface area contributed by atoms with Gasteiger partial charge in [-0.15, -0.1) is 0 Å². The summed E-state index contributed by atoms with van der Waals surface area (Å²) < 4.78 is 4.68. The molecule has 0 bridgehead atoms. The molecule has 2 aliphatic rings. The van der Waals surface area contributed by atoms with E-state index in [-0.39, 0.29) is 5.76 Å². The van der Waals surface area contributed by atoms with Gasteiger partial charge in [-0.05, 0) is 55.0 Å². The average Bonchev–Trinajstić information content (AvgIpc) is 2.41. The van der Waals surface area contributed by atoms with Gasteiger partial charge in [-0.25, -0.2) is 0 Å². The molecule has 1 heterocycles. The van der Waals surface area contributed by atoms with E-state index in [1.54, 1.807) is 18.4 Å². The normalized spacial score (nSPS) is 16.8. The van der Waals surface area contributed by atoms with Gasteiger partial charge in [-0.1, -0.05) is 12.1 Å². The standard InChI is InChI=1S/C10H13N.C5H6O2/c11-10-7-3-5-8-4-1-2-6-9(8)10;6-5-2-1-3-7-4-5/h3,5,7H,1-2,4,6,11H2;1-3,6H,4H2. The zero-order chi connectivity index (χ0) is 12.8. The molecule has 1 aromatic carbocycles. The molecule has 0 spiro atoms. The van der Waals surface area contributed by atoms with Gasteiger partial charge in [-0.2, -0.15) is 0 Å². The first kappa shape index (κ1) is 12.6. The fraction of sp³-hybridized carbons (Fsp3) is 0.333. The molecule has 0 saturated carbocycles. The lowest BCUT2D eigenvalue weighted by molar-refractivity contribution is 0.217. The summed E-state index contributed by atoms with van der Waals surface area (Å²) in [6, 6.07) is 6.26. The fourth-order valence-electron chi connectivity index (χ4n) is 2.20. The van der Waals surface area contributed by atoms with E-state index in [1.807, 2.05) is 6.07 Å². The molecule has 3 nitrogen and oxygen atoms in total. The Morgan fingerprint density at radius 2 is 2.00 bits per heavy atom. The molecule has 0 amide bonds. The van der Waals surface area contributed by atoms with Crippen LogP contribution >= 0.6 is 0 Å². The quantitative estimate of drug-likeness (QED) is 0.690. The van der Waals surface area contributed by atoms with Gasteiger partial charge in [0.1, 0.15) is 12.4 Å². The van der Waals surface area contributed by atoms with Crippen LogP contribution in [0.1, 0.15) is 24.0 Å². The van der Waals surface area contributed by atoms with Crippen LogP contribution in [0.4, 0.5) is 5.69 Å². The third kappa shape index (κ3) is 3.29. The highest BCUT2D eigenvalue weighted by Gasteiger charge is 2.10. The Morgan fingerprint density at radius 1 is 1.17 bits per heavy atom. The Labute approximate surface area is 108 Å². The zero-order valence-corrected chi connectivity index (χ0v) is 10.4. The molecule has 1 aromatic rings. The average molecular weight is 245 g/mol. The SMILES string of the molecule is Nc1cccc2c1CCCC2.OC1=CC=COC1. The van der Waals surface area contributed by atoms with Crippen LogP contribution in [0.15, 0.2) is 42.4 Å². The van der Waals surface area contributed by atoms with Crippen LogP contribution in [0.5, 0.6) is 0 Å². The summed E-state index contributed by atoms with van der Waals surface area (Å²) in [7, 11) is 0. The van der Waals surface area contributed by atoms with Gasteiger partial charge in [0.2, 0.25) is 0 Å². The Morgan fingerprint density at radius 3 is 2.61 bits per heavy atom. The van der Waals surface area contributed by atoms with E-state index in [0.29, 0.717) is 6.61 Å². The summed E-state index contributed by atoms with van der Waals surface area (Å²) in [5.41, 5.74) is 9.70. The fourth-order valence-corrected chi connectivity index (χ4v) is 2.20. The van der Waals surface area contributed by atoms with Crippen molar-refractivity contribution >= 4 is 5.69 Å². The summed E-state index contributed by atoms with van der Waals surface area (Å²) in [6.07, 6.45) is 9.84. The van der Waals surface area contributed by atoms with Crippen molar-refractivity contribution in [2.75, 3.05) is 12.3 Å². The van der Waals surface area contributed by atoms with Crippen molar-refractivity contribution in [2.45, 2.75) is 25.7 Å². The molecule has 0 fully saturated rings. The Hall–Kier alpha value is -1.90. The van der Waals surface area contributed by atoms with E-state index in [4.69, 9.17) is 10.8 Å². The summed E-state index contributed by atoms with van der Waals surface area (Å²) >= 11 is 0. The van der Waals surface area contributed by atoms with Gasteiger partial charge in [-0.3, -0.25) is 0 Å². The molecule has 3 heteroatoms. The number of aliphatic hydroxyl groups is 1. The topological polar surface area (TPSA) is 55.5 Å². The minimum Gasteiger partial charge on any atom is -0.509 e. The van der Waals surface area contributed by atoms with E-state index in [0.717, 1.165) is 5.69 Å². The second kappa shape index (κ2) is 6.15. The van der Waals surface area contributed by atoms with E-state index in [9.17, 15) is 0 Å². The number of hydrogen-bond donors (Lipinski definition) is 2. The maximum atomic E-state index is 8.59. The number of allylic oxidation sites excluding steroid dienone is 2. The molecule has 18 heavy (non-hydrogen) atoms. The van der Waals surface area contributed by atoms with Crippen LogP contribution < -0.4 is 5.73 Å². The molecule has 0 aromatic heterocycles. The highest BCUT2D eigenvalue weighted by Crippen LogP contribution is 2.25. The number of ether oxygens (including phenoxy) is 1. The van der Waals surface area contributed by atoms with Crippen molar-refractivity contribution in [2.24, 2.45) is 0 Å².